The number of hydrogen-bond donors (Lipinski definition) is 1. The Hall–Kier alpha value is -1.38. The molecule has 3 nitrogen and oxygen atoms in total. The summed E-state index contributed by atoms with van der Waals surface area (Å²) in [5, 5.41) is 11.6. The zero-order valence-electron chi connectivity index (χ0n) is 12.8. The summed E-state index contributed by atoms with van der Waals surface area (Å²) in [6, 6.07) is 4.58. The van der Waals surface area contributed by atoms with Gasteiger partial charge in [0.1, 0.15) is 5.52 Å². The van der Waals surface area contributed by atoms with Crippen molar-refractivity contribution in [1.29, 1.82) is 0 Å². The zero-order chi connectivity index (χ0) is 14.1. The van der Waals surface area contributed by atoms with Crippen molar-refractivity contribution >= 4 is 11.0 Å². The van der Waals surface area contributed by atoms with Gasteiger partial charge in [-0.1, -0.05) is 49.8 Å². The average Bonchev–Trinajstić information content (AvgIpc) is 3.04. The molecule has 21 heavy (non-hydrogen) atoms. The number of hydrogen-bond acceptors (Lipinski definition) is 2. The summed E-state index contributed by atoms with van der Waals surface area (Å²) in [4.78, 5) is 0. The largest absolute Gasteiger partial charge is 0.258 e. The maximum Gasteiger partial charge on any atom is 0.116 e. The van der Waals surface area contributed by atoms with Crippen molar-refractivity contribution in [2.24, 2.45) is 0 Å². The van der Waals surface area contributed by atoms with Crippen molar-refractivity contribution in [2.75, 3.05) is 0 Å². The van der Waals surface area contributed by atoms with Crippen LogP contribution in [0.3, 0.4) is 0 Å². The van der Waals surface area contributed by atoms with E-state index in [0.29, 0.717) is 5.92 Å². The van der Waals surface area contributed by atoms with Gasteiger partial charge in [-0.15, -0.1) is 5.10 Å². The maximum atomic E-state index is 4.44. The molecular formula is C18H25N3. The Morgan fingerprint density at radius 3 is 2.19 bits per heavy atom. The van der Waals surface area contributed by atoms with Gasteiger partial charge in [-0.3, -0.25) is 5.10 Å². The van der Waals surface area contributed by atoms with Gasteiger partial charge in [0.25, 0.3) is 0 Å². The predicted molar refractivity (Wildman–Crippen MR) is 85.5 cm³/mol. The summed E-state index contributed by atoms with van der Waals surface area (Å²) in [5.41, 5.74) is 5.43. The molecule has 1 heterocycles. The first-order valence-corrected chi connectivity index (χ1v) is 8.77. The van der Waals surface area contributed by atoms with E-state index in [-0.39, 0.29) is 0 Å². The highest BCUT2D eigenvalue weighted by atomic mass is 15.3. The smallest absolute Gasteiger partial charge is 0.116 e. The summed E-state index contributed by atoms with van der Waals surface area (Å²) in [6.45, 7) is 0. The molecule has 0 amide bonds. The molecule has 0 saturated heterocycles. The van der Waals surface area contributed by atoms with E-state index in [1.54, 1.807) is 11.1 Å². The molecule has 0 radical (unpaired) electrons. The fraction of sp³-hybridized carbons (Fsp3) is 0.667. The zero-order valence-corrected chi connectivity index (χ0v) is 12.8. The van der Waals surface area contributed by atoms with E-state index in [9.17, 15) is 0 Å². The van der Waals surface area contributed by atoms with E-state index in [0.717, 1.165) is 17.0 Å². The molecular weight excluding hydrogens is 258 g/mol. The number of rotatable bonds is 2. The molecule has 2 saturated carbocycles. The predicted octanol–water partition coefficient (Wildman–Crippen LogP) is 5.05. The molecule has 4 rings (SSSR count). The lowest BCUT2D eigenvalue weighted by molar-refractivity contribution is 0.420. The molecule has 0 aliphatic heterocycles. The molecule has 3 heteroatoms. The van der Waals surface area contributed by atoms with Crippen LogP contribution in [0.5, 0.6) is 0 Å². The Kier molecular flexibility index (Phi) is 3.66. The van der Waals surface area contributed by atoms with Gasteiger partial charge in [0, 0.05) is 0 Å². The molecule has 0 bridgehead atoms. The first kappa shape index (κ1) is 13.3. The quantitative estimate of drug-likeness (QED) is 0.837. The lowest BCUT2D eigenvalue weighted by atomic mass is 9.75. The summed E-state index contributed by atoms with van der Waals surface area (Å²) in [5.74, 6) is 1.47. The van der Waals surface area contributed by atoms with Crippen LogP contribution in [0.15, 0.2) is 12.1 Å². The standard InChI is InChI=1S/C18H25N3/c1-3-7-13(8-4-1)15-11-12-16-18(20-21-19-16)17(15)14-9-5-2-6-10-14/h11-14H,1-10H2,(H,19,20,21). The van der Waals surface area contributed by atoms with Crippen molar-refractivity contribution < 1.29 is 0 Å². The van der Waals surface area contributed by atoms with Crippen molar-refractivity contribution in [3.05, 3.63) is 23.3 Å². The van der Waals surface area contributed by atoms with Crippen molar-refractivity contribution in [1.82, 2.24) is 15.4 Å². The van der Waals surface area contributed by atoms with Crippen LogP contribution in [0.4, 0.5) is 0 Å². The normalized spacial score (nSPS) is 21.9. The second-order valence-electron chi connectivity index (χ2n) is 6.95. The van der Waals surface area contributed by atoms with E-state index in [1.807, 2.05) is 0 Å². The highest BCUT2D eigenvalue weighted by Crippen LogP contribution is 2.43. The fourth-order valence-corrected chi connectivity index (χ4v) is 4.54. The van der Waals surface area contributed by atoms with Gasteiger partial charge in [0.15, 0.2) is 0 Å². The third-order valence-electron chi connectivity index (χ3n) is 5.63. The monoisotopic (exact) mass is 283 g/mol. The van der Waals surface area contributed by atoms with Crippen molar-refractivity contribution in [3.63, 3.8) is 0 Å². The molecule has 1 N–H and O–H groups in total. The minimum atomic E-state index is 0.712. The van der Waals surface area contributed by atoms with Crippen molar-refractivity contribution in [2.45, 2.75) is 76.0 Å². The maximum absolute atomic E-state index is 4.44. The second kappa shape index (κ2) is 5.78. The Morgan fingerprint density at radius 2 is 1.48 bits per heavy atom. The summed E-state index contributed by atoms with van der Waals surface area (Å²) < 4.78 is 0. The molecule has 2 fully saturated rings. The number of nitrogens with one attached hydrogen (secondary N) is 1. The minimum absolute atomic E-state index is 0.712. The van der Waals surface area contributed by atoms with Gasteiger partial charge in [0.05, 0.1) is 5.52 Å². The van der Waals surface area contributed by atoms with Crippen LogP contribution in [-0.2, 0) is 0 Å². The first-order chi connectivity index (χ1) is 10.4. The Bertz CT molecular complexity index is 604. The van der Waals surface area contributed by atoms with Crippen LogP contribution in [0.1, 0.15) is 87.2 Å². The molecule has 0 unspecified atom stereocenters. The molecule has 0 atom stereocenters. The molecule has 1 aromatic heterocycles. The van der Waals surface area contributed by atoms with E-state index in [4.69, 9.17) is 0 Å². The van der Waals surface area contributed by atoms with Crippen LogP contribution in [-0.4, -0.2) is 15.4 Å². The summed E-state index contributed by atoms with van der Waals surface area (Å²) >= 11 is 0. The van der Waals surface area contributed by atoms with Gasteiger partial charge >= 0.3 is 0 Å². The summed E-state index contributed by atoms with van der Waals surface area (Å²) in [7, 11) is 0. The molecule has 2 aromatic rings. The van der Waals surface area contributed by atoms with Gasteiger partial charge in [-0.2, -0.15) is 0 Å². The second-order valence-corrected chi connectivity index (χ2v) is 6.95. The molecule has 2 aliphatic carbocycles. The topological polar surface area (TPSA) is 41.6 Å². The SMILES string of the molecule is c1cc2[nH]nnc2c(C2CCCCC2)c1C1CCCCC1. The highest BCUT2D eigenvalue weighted by molar-refractivity contribution is 5.79. The summed E-state index contributed by atoms with van der Waals surface area (Å²) in [6.07, 6.45) is 13.8. The molecule has 1 aromatic carbocycles. The van der Waals surface area contributed by atoms with Gasteiger partial charge in [-0.25, -0.2) is 0 Å². The lowest BCUT2D eigenvalue weighted by Gasteiger charge is -2.29. The highest BCUT2D eigenvalue weighted by Gasteiger charge is 2.26. The third-order valence-corrected chi connectivity index (χ3v) is 5.63. The third kappa shape index (κ3) is 2.47. The molecule has 112 valence electrons. The van der Waals surface area contributed by atoms with Gasteiger partial charge in [-0.05, 0) is 54.7 Å². The molecule has 2 aliphatic rings. The average molecular weight is 283 g/mol. The van der Waals surface area contributed by atoms with Crippen LogP contribution in [0.2, 0.25) is 0 Å². The van der Waals surface area contributed by atoms with Crippen LogP contribution in [0, 0.1) is 0 Å². The number of aromatic amines is 1. The Balaban J connectivity index is 1.80. The Morgan fingerprint density at radius 1 is 0.810 bits per heavy atom. The number of aromatic nitrogens is 3. The van der Waals surface area contributed by atoms with E-state index >= 15 is 0 Å². The van der Waals surface area contributed by atoms with Gasteiger partial charge in [0.2, 0.25) is 0 Å². The fourth-order valence-electron chi connectivity index (χ4n) is 4.54. The van der Waals surface area contributed by atoms with Crippen molar-refractivity contribution in [3.8, 4) is 0 Å². The Labute approximate surface area is 126 Å². The van der Waals surface area contributed by atoms with E-state index in [1.165, 1.54) is 64.2 Å². The number of nitrogens with zero attached hydrogens (tertiary/aromatic N) is 2. The van der Waals surface area contributed by atoms with Gasteiger partial charge < -0.3 is 0 Å². The number of benzene rings is 1. The minimum Gasteiger partial charge on any atom is -0.258 e. The lowest BCUT2D eigenvalue weighted by Crippen LogP contribution is -2.13. The van der Waals surface area contributed by atoms with Crippen LogP contribution < -0.4 is 0 Å². The first-order valence-electron chi connectivity index (χ1n) is 8.77. The molecule has 0 spiro atoms. The van der Waals surface area contributed by atoms with E-state index in [2.05, 4.69) is 27.5 Å². The number of fused-ring (bicyclic) bond motifs is 1. The number of H-pyrrole nitrogens is 1. The van der Waals surface area contributed by atoms with Crippen LogP contribution in [0.25, 0.3) is 11.0 Å². The van der Waals surface area contributed by atoms with Crippen LogP contribution >= 0.6 is 0 Å². The van der Waals surface area contributed by atoms with E-state index < -0.39 is 0 Å².